The van der Waals surface area contributed by atoms with Crippen LogP contribution in [0.25, 0.3) is 0 Å². The molecule has 0 atom stereocenters. The topological polar surface area (TPSA) is 0 Å². The van der Waals surface area contributed by atoms with Gasteiger partial charge < -0.3 is 8.97 Å². The van der Waals surface area contributed by atoms with E-state index < -0.39 is 0 Å². The van der Waals surface area contributed by atoms with Gasteiger partial charge in [-0.1, -0.05) is 0 Å². The van der Waals surface area contributed by atoms with E-state index in [-0.39, 0.29) is 0 Å². The number of quaternary nitrogens is 2. The predicted molar refractivity (Wildman–Crippen MR) is 72.4 cm³/mol. The molecule has 92 valence electrons. The summed E-state index contributed by atoms with van der Waals surface area (Å²) in [4.78, 5) is 0. The van der Waals surface area contributed by atoms with E-state index in [4.69, 9.17) is 0 Å². The maximum Gasteiger partial charge on any atom is 0.0876 e. The molecule has 0 bridgehead atoms. The second-order valence-corrected chi connectivity index (χ2v) is 6.83. The molecule has 0 heterocycles. The molecule has 0 radical (unpaired) electrons. The first-order valence-electron chi connectivity index (χ1n) is 6.05. The second-order valence-electron chi connectivity index (χ2n) is 5.60. The molecule has 0 spiro atoms. The Morgan fingerprint density at radius 3 is 1.67 bits per heavy atom. The largest absolute Gasteiger partial charge is 0.330 e. The molecule has 3 heteroatoms. The van der Waals surface area contributed by atoms with Crippen LogP contribution in [-0.4, -0.2) is 74.8 Å². The Morgan fingerprint density at radius 2 is 1.27 bits per heavy atom. The summed E-state index contributed by atoms with van der Waals surface area (Å²) in [6.07, 6.45) is 0. The molecule has 0 N–H and O–H groups in total. The van der Waals surface area contributed by atoms with Crippen molar-refractivity contribution in [3.05, 3.63) is 0 Å². The lowest BCUT2D eigenvalue weighted by atomic mass is 10.4. The summed E-state index contributed by atoms with van der Waals surface area (Å²) in [5.41, 5.74) is 0. The number of hydrogen-bond donors (Lipinski definition) is 0. The van der Waals surface area contributed by atoms with Gasteiger partial charge in [0, 0.05) is 11.5 Å². The summed E-state index contributed by atoms with van der Waals surface area (Å²) >= 11 is 2.11. The fourth-order valence-corrected chi connectivity index (χ4v) is 2.72. The molecular formula is C12H30N2S+2. The van der Waals surface area contributed by atoms with Gasteiger partial charge >= 0.3 is 0 Å². The Labute approximate surface area is 101 Å². The van der Waals surface area contributed by atoms with Gasteiger partial charge in [-0.05, 0) is 13.8 Å². The lowest BCUT2D eigenvalue weighted by Gasteiger charge is -2.32. The first-order valence-corrected chi connectivity index (χ1v) is 7.20. The summed E-state index contributed by atoms with van der Waals surface area (Å²) in [5, 5.41) is 0. The molecule has 0 aromatic rings. The van der Waals surface area contributed by atoms with Crippen molar-refractivity contribution in [1.82, 2.24) is 0 Å². The van der Waals surface area contributed by atoms with Crippen molar-refractivity contribution in [3.8, 4) is 0 Å². The molecule has 15 heavy (non-hydrogen) atoms. The van der Waals surface area contributed by atoms with E-state index in [0.717, 1.165) is 4.48 Å². The third kappa shape index (κ3) is 8.12. The van der Waals surface area contributed by atoms with Crippen molar-refractivity contribution in [2.24, 2.45) is 0 Å². The molecule has 0 aliphatic carbocycles. The summed E-state index contributed by atoms with van der Waals surface area (Å²) in [6.45, 7) is 9.68. The van der Waals surface area contributed by atoms with Gasteiger partial charge in [0.05, 0.1) is 54.4 Å². The van der Waals surface area contributed by atoms with E-state index in [2.05, 4.69) is 53.8 Å². The minimum Gasteiger partial charge on any atom is -0.330 e. The minimum atomic E-state index is 1.08. The van der Waals surface area contributed by atoms with Crippen molar-refractivity contribution in [2.75, 3.05) is 65.9 Å². The quantitative estimate of drug-likeness (QED) is 0.457. The molecule has 0 unspecified atom stereocenters. The molecule has 0 aliphatic rings. The highest BCUT2D eigenvalue weighted by atomic mass is 32.2. The number of rotatable bonds is 8. The van der Waals surface area contributed by atoms with Crippen LogP contribution in [-0.2, 0) is 0 Å². The van der Waals surface area contributed by atoms with E-state index in [1.165, 1.54) is 42.2 Å². The van der Waals surface area contributed by atoms with Crippen LogP contribution in [0.1, 0.15) is 13.8 Å². The SMILES string of the molecule is CC[N+](C)(CC)CCSCC[N+](C)(C)C. The summed E-state index contributed by atoms with van der Waals surface area (Å²) in [6, 6.07) is 0. The molecular weight excluding hydrogens is 204 g/mol. The van der Waals surface area contributed by atoms with Gasteiger partial charge in [0.15, 0.2) is 0 Å². The van der Waals surface area contributed by atoms with Crippen LogP contribution in [0.5, 0.6) is 0 Å². The van der Waals surface area contributed by atoms with Crippen LogP contribution in [0.15, 0.2) is 0 Å². The Kier molecular flexibility index (Phi) is 6.89. The summed E-state index contributed by atoms with van der Waals surface area (Å²) in [5.74, 6) is 2.59. The van der Waals surface area contributed by atoms with Crippen molar-refractivity contribution in [3.63, 3.8) is 0 Å². The Bertz CT molecular complexity index is 159. The zero-order valence-corrected chi connectivity index (χ0v) is 12.4. The van der Waals surface area contributed by atoms with Gasteiger partial charge in [0.2, 0.25) is 0 Å². The van der Waals surface area contributed by atoms with Crippen LogP contribution in [0, 0.1) is 0 Å². The van der Waals surface area contributed by atoms with Crippen LogP contribution in [0.4, 0.5) is 0 Å². The minimum absolute atomic E-state index is 1.08. The summed E-state index contributed by atoms with van der Waals surface area (Å²) < 4.78 is 2.30. The van der Waals surface area contributed by atoms with Gasteiger partial charge in [-0.3, -0.25) is 0 Å². The van der Waals surface area contributed by atoms with Crippen molar-refractivity contribution in [2.45, 2.75) is 13.8 Å². The lowest BCUT2D eigenvalue weighted by Crippen LogP contribution is -2.45. The molecule has 0 saturated heterocycles. The van der Waals surface area contributed by atoms with Crippen molar-refractivity contribution >= 4 is 11.8 Å². The van der Waals surface area contributed by atoms with E-state index in [1.807, 2.05) is 0 Å². The highest BCUT2D eigenvalue weighted by Gasteiger charge is 2.15. The zero-order chi connectivity index (χ0) is 11.9. The van der Waals surface area contributed by atoms with Gasteiger partial charge in [-0.25, -0.2) is 0 Å². The average molecular weight is 234 g/mol. The number of thioether (sulfide) groups is 1. The van der Waals surface area contributed by atoms with Gasteiger partial charge in [-0.15, -0.1) is 0 Å². The third-order valence-electron chi connectivity index (χ3n) is 3.21. The normalized spacial score (nSPS) is 13.2. The van der Waals surface area contributed by atoms with E-state index in [9.17, 15) is 0 Å². The number of hydrogen-bond acceptors (Lipinski definition) is 1. The standard InChI is InChI=1S/C12H30N2S/c1-7-14(6,8-2)10-12-15-11-9-13(3,4)5/h7-12H2,1-6H3/q+2. The van der Waals surface area contributed by atoms with Crippen LogP contribution >= 0.6 is 11.8 Å². The Morgan fingerprint density at radius 1 is 0.800 bits per heavy atom. The van der Waals surface area contributed by atoms with Crippen molar-refractivity contribution < 1.29 is 8.97 Å². The second kappa shape index (κ2) is 6.77. The van der Waals surface area contributed by atoms with Gasteiger partial charge in [0.1, 0.15) is 0 Å². The Hall–Kier alpha value is 0.270. The molecule has 0 aromatic heterocycles. The monoisotopic (exact) mass is 234 g/mol. The average Bonchev–Trinajstić information content (AvgIpc) is 2.15. The molecule has 0 aromatic carbocycles. The Balaban J connectivity index is 3.54. The zero-order valence-electron chi connectivity index (χ0n) is 11.5. The molecule has 0 aliphatic heterocycles. The van der Waals surface area contributed by atoms with Crippen LogP contribution in [0.2, 0.25) is 0 Å². The van der Waals surface area contributed by atoms with Crippen molar-refractivity contribution in [1.29, 1.82) is 0 Å². The highest BCUT2D eigenvalue weighted by molar-refractivity contribution is 7.99. The first kappa shape index (κ1) is 15.3. The van der Waals surface area contributed by atoms with Crippen LogP contribution in [0.3, 0.4) is 0 Å². The van der Waals surface area contributed by atoms with E-state index >= 15 is 0 Å². The molecule has 0 fully saturated rings. The lowest BCUT2D eigenvalue weighted by molar-refractivity contribution is -0.903. The van der Waals surface area contributed by atoms with E-state index in [1.54, 1.807) is 0 Å². The predicted octanol–water partition coefficient (Wildman–Crippen LogP) is 1.91. The molecule has 0 saturated carbocycles. The fourth-order valence-electron chi connectivity index (χ4n) is 1.27. The third-order valence-corrected chi connectivity index (χ3v) is 4.15. The molecule has 0 amide bonds. The smallest absolute Gasteiger partial charge is 0.0876 e. The first-order chi connectivity index (χ1) is 6.83. The number of nitrogens with zero attached hydrogens (tertiary/aromatic N) is 2. The highest BCUT2D eigenvalue weighted by Crippen LogP contribution is 2.07. The molecule has 0 rings (SSSR count). The van der Waals surface area contributed by atoms with Gasteiger partial charge in [-0.2, -0.15) is 11.8 Å². The summed E-state index contributed by atoms with van der Waals surface area (Å²) in [7, 11) is 9.15. The van der Waals surface area contributed by atoms with Gasteiger partial charge in [0.25, 0.3) is 0 Å². The fraction of sp³-hybridized carbons (Fsp3) is 1.00. The maximum atomic E-state index is 2.36. The molecule has 2 nitrogen and oxygen atoms in total. The maximum absolute atomic E-state index is 2.36. The van der Waals surface area contributed by atoms with Crippen LogP contribution < -0.4 is 0 Å². The van der Waals surface area contributed by atoms with E-state index in [0.29, 0.717) is 0 Å².